The molecule has 0 aromatic heterocycles. The third-order valence-electron chi connectivity index (χ3n) is 2.64. The minimum Gasteiger partial charge on any atom is -0.354 e. The second-order valence-electron chi connectivity index (χ2n) is 4.08. The fraction of sp³-hybridized carbons (Fsp3) is 0.133. The van der Waals surface area contributed by atoms with E-state index >= 15 is 0 Å². The Kier molecular flexibility index (Phi) is 4.42. The number of rotatable bonds is 4. The van der Waals surface area contributed by atoms with Gasteiger partial charge in [0.25, 0.3) is 0 Å². The maximum absolute atomic E-state index is 11.3. The zero-order valence-corrected chi connectivity index (χ0v) is 11.4. The Labute approximate surface area is 117 Å². The smallest absolute Gasteiger partial charge is 0.224 e. The molecule has 0 aliphatic rings. The van der Waals surface area contributed by atoms with E-state index in [0.29, 0.717) is 11.4 Å². The van der Waals surface area contributed by atoms with Gasteiger partial charge in [-0.2, -0.15) is 0 Å². The summed E-state index contributed by atoms with van der Waals surface area (Å²) in [5, 5.41) is 6.70. The average Bonchev–Trinajstić information content (AvgIpc) is 2.43. The van der Waals surface area contributed by atoms with E-state index in [-0.39, 0.29) is 5.91 Å². The predicted octanol–water partition coefficient (Wildman–Crippen LogP) is 4.43. The fourth-order valence-electron chi connectivity index (χ4n) is 1.60. The molecule has 2 N–H and O–H groups in total. The number of hydrogen-bond donors (Lipinski definition) is 2. The van der Waals surface area contributed by atoms with Crippen LogP contribution in [0.25, 0.3) is 0 Å². The summed E-state index contributed by atoms with van der Waals surface area (Å²) in [7, 11) is 0. The largest absolute Gasteiger partial charge is 0.354 e. The Morgan fingerprint density at radius 3 is 2.32 bits per heavy atom. The van der Waals surface area contributed by atoms with E-state index in [1.54, 1.807) is 0 Å². The summed E-state index contributed by atoms with van der Waals surface area (Å²) in [6.45, 7) is 1.82. The minimum atomic E-state index is 0.00631. The zero-order valence-electron chi connectivity index (χ0n) is 10.6. The van der Waals surface area contributed by atoms with Crippen molar-refractivity contribution in [3.8, 4) is 0 Å². The number of halogens is 1. The molecule has 19 heavy (non-hydrogen) atoms. The van der Waals surface area contributed by atoms with Gasteiger partial charge in [0.2, 0.25) is 5.91 Å². The lowest BCUT2D eigenvalue weighted by atomic mass is 10.2. The van der Waals surface area contributed by atoms with Crippen LogP contribution in [0.4, 0.5) is 17.1 Å². The van der Waals surface area contributed by atoms with Crippen LogP contribution < -0.4 is 10.6 Å². The summed E-state index contributed by atoms with van der Waals surface area (Å²) in [6, 6.07) is 15.1. The summed E-state index contributed by atoms with van der Waals surface area (Å²) in [6.07, 6.45) is 0.472. The Bertz CT molecular complexity index is 567. The van der Waals surface area contributed by atoms with E-state index in [4.69, 9.17) is 11.6 Å². The SMILES string of the molecule is CCC(=O)Nc1ccc(Nc2ccccc2Cl)cc1. The van der Waals surface area contributed by atoms with Gasteiger partial charge < -0.3 is 10.6 Å². The first-order chi connectivity index (χ1) is 9.19. The molecular weight excluding hydrogens is 260 g/mol. The van der Waals surface area contributed by atoms with Crippen molar-refractivity contribution in [1.82, 2.24) is 0 Å². The molecule has 0 saturated carbocycles. The quantitative estimate of drug-likeness (QED) is 0.866. The van der Waals surface area contributed by atoms with Gasteiger partial charge in [-0.05, 0) is 36.4 Å². The van der Waals surface area contributed by atoms with Crippen molar-refractivity contribution in [2.45, 2.75) is 13.3 Å². The number of carbonyl (C=O) groups is 1. The molecule has 0 spiro atoms. The minimum absolute atomic E-state index is 0.00631. The molecule has 1 amide bonds. The molecule has 0 radical (unpaired) electrons. The van der Waals surface area contributed by atoms with Crippen LogP contribution >= 0.6 is 11.6 Å². The number of carbonyl (C=O) groups excluding carboxylic acids is 1. The van der Waals surface area contributed by atoms with Gasteiger partial charge in [-0.15, -0.1) is 0 Å². The molecule has 0 bridgehead atoms. The molecule has 0 saturated heterocycles. The van der Waals surface area contributed by atoms with Gasteiger partial charge >= 0.3 is 0 Å². The molecule has 2 rings (SSSR count). The van der Waals surface area contributed by atoms with E-state index in [9.17, 15) is 4.79 Å². The van der Waals surface area contributed by atoms with Gasteiger partial charge in [-0.3, -0.25) is 4.79 Å². The molecule has 98 valence electrons. The van der Waals surface area contributed by atoms with Crippen LogP contribution in [0.2, 0.25) is 5.02 Å². The van der Waals surface area contributed by atoms with E-state index in [1.165, 1.54) is 0 Å². The maximum Gasteiger partial charge on any atom is 0.224 e. The average molecular weight is 275 g/mol. The topological polar surface area (TPSA) is 41.1 Å². The lowest BCUT2D eigenvalue weighted by molar-refractivity contribution is -0.115. The Hall–Kier alpha value is -2.00. The molecule has 2 aromatic rings. The highest BCUT2D eigenvalue weighted by Crippen LogP contribution is 2.25. The molecule has 0 unspecified atom stereocenters. The number of anilines is 3. The van der Waals surface area contributed by atoms with Crippen LogP contribution in [0.5, 0.6) is 0 Å². The van der Waals surface area contributed by atoms with Crippen LogP contribution in [0.15, 0.2) is 48.5 Å². The Balaban J connectivity index is 2.07. The van der Waals surface area contributed by atoms with Gasteiger partial charge in [0, 0.05) is 17.8 Å². The first-order valence-corrected chi connectivity index (χ1v) is 6.48. The van der Waals surface area contributed by atoms with E-state index in [2.05, 4.69) is 10.6 Å². The maximum atomic E-state index is 11.3. The summed E-state index contributed by atoms with van der Waals surface area (Å²) in [4.78, 5) is 11.3. The second-order valence-corrected chi connectivity index (χ2v) is 4.49. The molecule has 2 aromatic carbocycles. The molecule has 0 atom stereocenters. The standard InChI is InChI=1S/C15H15ClN2O/c1-2-15(19)18-12-9-7-11(8-10-12)17-14-6-4-3-5-13(14)16/h3-10,17H,2H2,1H3,(H,18,19). The highest BCUT2D eigenvalue weighted by molar-refractivity contribution is 6.33. The van der Waals surface area contributed by atoms with Gasteiger partial charge in [0.05, 0.1) is 10.7 Å². The van der Waals surface area contributed by atoms with E-state index < -0.39 is 0 Å². The highest BCUT2D eigenvalue weighted by Gasteiger charge is 2.01. The number of hydrogen-bond acceptors (Lipinski definition) is 2. The molecule has 4 heteroatoms. The van der Waals surface area contributed by atoms with E-state index in [1.807, 2.05) is 55.5 Å². The van der Waals surface area contributed by atoms with Crippen LogP contribution in [0.1, 0.15) is 13.3 Å². The van der Waals surface area contributed by atoms with Gasteiger partial charge in [-0.25, -0.2) is 0 Å². The first kappa shape index (κ1) is 13.4. The van der Waals surface area contributed by atoms with Gasteiger partial charge in [0.1, 0.15) is 0 Å². The monoisotopic (exact) mass is 274 g/mol. The zero-order chi connectivity index (χ0) is 13.7. The third kappa shape index (κ3) is 3.73. The number of para-hydroxylation sites is 1. The number of nitrogens with one attached hydrogen (secondary N) is 2. The van der Waals surface area contributed by atoms with Crippen molar-refractivity contribution in [1.29, 1.82) is 0 Å². The number of amides is 1. The molecule has 0 aliphatic heterocycles. The first-order valence-electron chi connectivity index (χ1n) is 6.10. The predicted molar refractivity (Wildman–Crippen MR) is 80.1 cm³/mol. The van der Waals surface area contributed by atoms with Gasteiger partial charge in [-0.1, -0.05) is 30.7 Å². The third-order valence-corrected chi connectivity index (χ3v) is 2.97. The lowest BCUT2D eigenvalue weighted by Gasteiger charge is -2.09. The van der Waals surface area contributed by atoms with Crippen molar-refractivity contribution in [3.63, 3.8) is 0 Å². The lowest BCUT2D eigenvalue weighted by Crippen LogP contribution is -2.09. The fourth-order valence-corrected chi connectivity index (χ4v) is 1.79. The highest BCUT2D eigenvalue weighted by atomic mass is 35.5. The van der Waals surface area contributed by atoms with Crippen molar-refractivity contribution in [2.75, 3.05) is 10.6 Å². The normalized spacial score (nSPS) is 10.0. The van der Waals surface area contributed by atoms with Crippen molar-refractivity contribution in [3.05, 3.63) is 53.6 Å². The molecule has 0 heterocycles. The molecule has 0 fully saturated rings. The van der Waals surface area contributed by atoms with Crippen molar-refractivity contribution >= 4 is 34.6 Å². The second kappa shape index (κ2) is 6.25. The van der Waals surface area contributed by atoms with E-state index in [0.717, 1.165) is 17.1 Å². The summed E-state index contributed by atoms with van der Waals surface area (Å²) >= 11 is 6.07. The molecule has 3 nitrogen and oxygen atoms in total. The molecule has 0 aliphatic carbocycles. The Morgan fingerprint density at radius 1 is 1.05 bits per heavy atom. The van der Waals surface area contributed by atoms with Crippen LogP contribution in [-0.2, 0) is 4.79 Å². The van der Waals surface area contributed by atoms with Crippen LogP contribution in [-0.4, -0.2) is 5.91 Å². The van der Waals surface area contributed by atoms with Crippen molar-refractivity contribution < 1.29 is 4.79 Å². The van der Waals surface area contributed by atoms with Crippen molar-refractivity contribution in [2.24, 2.45) is 0 Å². The summed E-state index contributed by atoms with van der Waals surface area (Å²) in [5.41, 5.74) is 2.56. The van der Waals surface area contributed by atoms with Crippen LogP contribution in [0, 0.1) is 0 Å². The summed E-state index contributed by atoms with van der Waals surface area (Å²) in [5.74, 6) is 0.00631. The van der Waals surface area contributed by atoms with Crippen LogP contribution in [0.3, 0.4) is 0 Å². The molecular formula is C15H15ClN2O. The number of benzene rings is 2. The Morgan fingerprint density at radius 2 is 1.68 bits per heavy atom. The summed E-state index contributed by atoms with van der Waals surface area (Å²) < 4.78 is 0. The van der Waals surface area contributed by atoms with Gasteiger partial charge in [0.15, 0.2) is 0 Å².